The highest BCUT2D eigenvalue weighted by Gasteiger charge is 2.60. The van der Waals surface area contributed by atoms with Gasteiger partial charge < -0.3 is 4.74 Å². The van der Waals surface area contributed by atoms with Gasteiger partial charge in [-0.15, -0.1) is 0 Å². The molecule has 4 aliphatic carbocycles. The third-order valence-electron chi connectivity index (χ3n) is 11.7. The summed E-state index contributed by atoms with van der Waals surface area (Å²) in [5, 5.41) is 10.9. The van der Waals surface area contributed by atoms with Crippen molar-refractivity contribution in [1.82, 2.24) is 0 Å². The molecule has 1 aromatic carbocycles. The van der Waals surface area contributed by atoms with E-state index in [1.165, 1.54) is 75.6 Å². The van der Waals surface area contributed by atoms with Crippen LogP contribution in [0.2, 0.25) is 0 Å². The van der Waals surface area contributed by atoms with E-state index in [2.05, 4.69) is 40.7 Å². The molecule has 0 N–H and O–H groups in total. The first-order chi connectivity index (χ1) is 18.0. The minimum absolute atomic E-state index is 0.0202. The molecule has 0 amide bonds. The lowest BCUT2D eigenvalue weighted by Crippen LogP contribution is -2.52. The normalized spacial score (nSPS) is 37.0. The number of hydrogen-bond acceptors (Lipinski definition) is 4. The zero-order chi connectivity index (χ0) is 27.2. The quantitative estimate of drug-likeness (QED) is 0.204. The number of ether oxygens (including phenoxy) is 1. The Kier molecular flexibility index (Phi) is 7.52. The first-order valence-electron chi connectivity index (χ1n) is 15.2. The van der Waals surface area contributed by atoms with Gasteiger partial charge in [0.25, 0.3) is 5.69 Å². The second-order valence-corrected chi connectivity index (χ2v) is 14.1. The SMILES string of the molecule is CC(C)CC[C@@H](C)[C@H]1CC[C@H]2[C@@H]3CC[C@H]4C=C(OC(=O)c5ccc([N+](=O)[O-])cc5)CC[C@]4(C)[C@H]3CC[C@]12C. The summed E-state index contributed by atoms with van der Waals surface area (Å²) >= 11 is 0. The van der Waals surface area contributed by atoms with E-state index in [0.717, 1.165) is 54.1 Å². The highest BCUT2D eigenvalue weighted by molar-refractivity contribution is 5.90. The lowest BCUT2D eigenvalue weighted by Gasteiger charge is -2.60. The Morgan fingerprint density at radius 1 is 0.974 bits per heavy atom. The molecular weight excluding hydrogens is 474 g/mol. The van der Waals surface area contributed by atoms with Gasteiger partial charge in [-0.05, 0) is 115 Å². The monoisotopic (exact) mass is 521 g/mol. The van der Waals surface area contributed by atoms with Gasteiger partial charge in [0.2, 0.25) is 0 Å². The van der Waals surface area contributed by atoms with Crippen LogP contribution in [0.15, 0.2) is 36.1 Å². The van der Waals surface area contributed by atoms with Crippen LogP contribution in [0.4, 0.5) is 5.69 Å². The maximum atomic E-state index is 12.8. The third kappa shape index (κ3) is 4.84. The number of benzene rings is 1. The van der Waals surface area contributed by atoms with Crippen LogP contribution in [0.25, 0.3) is 0 Å². The minimum Gasteiger partial charge on any atom is -0.428 e. The largest absolute Gasteiger partial charge is 0.428 e. The summed E-state index contributed by atoms with van der Waals surface area (Å²) in [5.74, 6) is 5.83. The summed E-state index contributed by atoms with van der Waals surface area (Å²) in [6.07, 6.45) is 14.9. The number of esters is 1. The molecule has 5 rings (SSSR count). The van der Waals surface area contributed by atoms with E-state index in [0.29, 0.717) is 16.9 Å². The van der Waals surface area contributed by atoms with Crippen LogP contribution in [-0.4, -0.2) is 10.9 Å². The number of hydrogen-bond donors (Lipinski definition) is 0. The van der Waals surface area contributed by atoms with Gasteiger partial charge in [0.05, 0.1) is 10.5 Å². The van der Waals surface area contributed by atoms with Crippen molar-refractivity contribution in [2.75, 3.05) is 0 Å². The molecule has 4 aliphatic rings. The van der Waals surface area contributed by atoms with E-state index < -0.39 is 10.9 Å². The predicted octanol–water partition coefficient (Wildman–Crippen LogP) is 8.98. The van der Waals surface area contributed by atoms with Crippen LogP contribution in [0.5, 0.6) is 0 Å². The van der Waals surface area contributed by atoms with E-state index in [9.17, 15) is 14.9 Å². The fourth-order valence-corrected chi connectivity index (χ4v) is 9.59. The summed E-state index contributed by atoms with van der Waals surface area (Å²) in [5.41, 5.74) is 1.14. The Morgan fingerprint density at radius 3 is 2.37 bits per heavy atom. The summed E-state index contributed by atoms with van der Waals surface area (Å²) in [6.45, 7) is 12.4. The maximum absolute atomic E-state index is 12.8. The molecule has 3 saturated carbocycles. The maximum Gasteiger partial charge on any atom is 0.343 e. The van der Waals surface area contributed by atoms with Gasteiger partial charge in [0.1, 0.15) is 5.76 Å². The lowest BCUT2D eigenvalue weighted by atomic mass is 9.45. The van der Waals surface area contributed by atoms with E-state index in [1.54, 1.807) is 0 Å². The van der Waals surface area contributed by atoms with Crippen LogP contribution < -0.4 is 0 Å². The summed E-state index contributed by atoms with van der Waals surface area (Å²) < 4.78 is 5.83. The summed E-state index contributed by atoms with van der Waals surface area (Å²) in [6, 6.07) is 5.69. The van der Waals surface area contributed by atoms with Gasteiger partial charge in [-0.25, -0.2) is 4.79 Å². The Hall–Kier alpha value is -2.17. The topological polar surface area (TPSA) is 69.4 Å². The van der Waals surface area contributed by atoms with Gasteiger partial charge in [0, 0.05) is 18.6 Å². The highest BCUT2D eigenvalue weighted by Crippen LogP contribution is 2.68. The second kappa shape index (κ2) is 10.4. The number of fused-ring (bicyclic) bond motifs is 5. The lowest BCUT2D eigenvalue weighted by molar-refractivity contribution is -0.384. The van der Waals surface area contributed by atoms with Crippen LogP contribution in [0.1, 0.15) is 109 Å². The van der Waals surface area contributed by atoms with Crippen molar-refractivity contribution in [3.63, 3.8) is 0 Å². The molecule has 8 atom stereocenters. The second-order valence-electron chi connectivity index (χ2n) is 14.1. The average Bonchev–Trinajstić information content (AvgIpc) is 3.24. The first-order valence-corrected chi connectivity index (χ1v) is 15.2. The number of allylic oxidation sites excluding steroid dienone is 2. The van der Waals surface area contributed by atoms with Crippen LogP contribution in [0, 0.1) is 62.4 Å². The Bertz CT molecular complexity index is 1080. The fourth-order valence-electron chi connectivity index (χ4n) is 9.59. The molecule has 0 aromatic heterocycles. The molecule has 0 saturated heterocycles. The fraction of sp³-hybridized carbons (Fsp3) is 0.727. The average molecular weight is 522 g/mol. The van der Waals surface area contributed by atoms with Gasteiger partial charge in [-0.2, -0.15) is 0 Å². The van der Waals surface area contributed by atoms with Crippen molar-refractivity contribution in [2.45, 2.75) is 98.8 Å². The molecule has 208 valence electrons. The first kappa shape index (κ1) is 27.4. The molecule has 0 heterocycles. The third-order valence-corrected chi connectivity index (χ3v) is 11.7. The molecular formula is C33H47NO4. The zero-order valence-electron chi connectivity index (χ0n) is 24.1. The van der Waals surface area contributed by atoms with Crippen LogP contribution in [0.3, 0.4) is 0 Å². The number of nitrogens with zero attached hydrogens (tertiary/aromatic N) is 1. The molecule has 5 heteroatoms. The standard InChI is InChI=1S/C33H47NO4/c1-21(2)6-7-22(3)28-14-15-29-27-13-10-24-20-26(16-18-32(24,4)30(27)17-19-33(28,29)5)38-31(35)23-8-11-25(12-9-23)34(36)37/h8-9,11-12,20-22,24,27-30H,6-7,10,13-19H2,1-5H3/t22-,24+,27+,28-,29+,30+,32+,33-/m1/s1. The number of carbonyl (C=O) groups excluding carboxylic acids is 1. The summed E-state index contributed by atoms with van der Waals surface area (Å²) in [4.78, 5) is 23.2. The van der Waals surface area contributed by atoms with Crippen molar-refractivity contribution in [3.05, 3.63) is 51.8 Å². The molecule has 38 heavy (non-hydrogen) atoms. The van der Waals surface area contributed by atoms with Crippen molar-refractivity contribution in [1.29, 1.82) is 0 Å². The van der Waals surface area contributed by atoms with Gasteiger partial charge in [0.15, 0.2) is 0 Å². The van der Waals surface area contributed by atoms with Crippen molar-refractivity contribution < 1.29 is 14.5 Å². The molecule has 0 unspecified atom stereocenters. The van der Waals surface area contributed by atoms with Crippen LogP contribution in [-0.2, 0) is 4.74 Å². The number of rotatable bonds is 7. The number of nitro groups is 1. The molecule has 0 spiro atoms. The van der Waals surface area contributed by atoms with Crippen molar-refractivity contribution >= 4 is 11.7 Å². The Labute approximate surface area is 228 Å². The van der Waals surface area contributed by atoms with Crippen molar-refractivity contribution in [3.8, 4) is 0 Å². The predicted molar refractivity (Wildman–Crippen MR) is 150 cm³/mol. The molecule has 3 fully saturated rings. The van der Waals surface area contributed by atoms with E-state index in [-0.39, 0.29) is 11.1 Å². The molecule has 1 aromatic rings. The van der Waals surface area contributed by atoms with Gasteiger partial charge in [-0.3, -0.25) is 10.1 Å². The molecule has 0 bridgehead atoms. The van der Waals surface area contributed by atoms with Crippen LogP contribution >= 0.6 is 0 Å². The van der Waals surface area contributed by atoms with E-state index in [4.69, 9.17) is 4.74 Å². The number of nitro benzene ring substituents is 1. The Balaban J connectivity index is 1.26. The van der Waals surface area contributed by atoms with E-state index in [1.807, 2.05) is 0 Å². The molecule has 0 aliphatic heterocycles. The zero-order valence-corrected chi connectivity index (χ0v) is 24.1. The van der Waals surface area contributed by atoms with Crippen molar-refractivity contribution in [2.24, 2.45) is 52.3 Å². The van der Waals surface area contributed by atoms with E-state index >= 15 is 0 Å². The number of non-ortho nitro benzene ring substituents is 1. The highest BCUT2D eigenvalue weighted by atomic mass is 16.6. The summed E-state index contributed by atoms with van der Waals surface area (Å²) in [7, 11) is 0. The number of carbonyl (C=O) groups is 1. The smallest absolute Gasteiger partial charge is 0.343 e. The van der Waals surface area contributed by atoms with Gasteiger partial charge in [-0.1, -0.05) is 47.5 Å². The minimum atomic E-state index is -0.455. The molecule has 0 radical (unpaired) electrons. The molecule has 5 nitrogen and oxygen atoms in total. The Morgan fingerprint density at radius 2 is 1.68 bits per heavy atom. The van der Waals surface area contributed by atoms with Gasteiger partial charge >= 0.3 is 5.97 Å².